The number of amides is 2. The van der Waals surface area contributed by atoms with Gasteiger partial charge in [-0.3, -0.25) is 9.59 Å². The maximum Gasteiger partial charge on any atom is 0.238 e. The van der Waals surface area contributed by atoms with Gasteiger partial charge in [-0.25, -0.2) is 4.90 Å². The predicted molar refractivity (Wildman–Crippen MR) is 97.9 cm³/mol. The number of benzene rings is 2. The number of carbonyl (C=O) groups excluding carboxylic acids is 2. The van der Waals surface area contributed by atoms with Gasteiger partial charge in [0.05, 0.1) is 24.6 Å². The average Bonchev–Trinajstić information content (AvgIpc) is 3.34. The Morgan fingerprint density at radius 1 is 0.885 bits per heavy atom. The molecule has 4 heteroatoms. The Morgan fingerprint density at radius 3 is 2.35 bits per heavy atom. The summed E-state index contributed by atoms with van der Waals surface area (Å²) in [4.78, 5) is 27.8. The summed E-state index contributed by atoms with van der Waals surface area (Å²) in [5, 5.41) is 0. The van der Waals surface area contributed by atoms with Gasteiger partial charge in [0.1, 0.15) is 5.75 Å². The first kappa shape index (κ1) is 15.6. The van der Waals surface area contributed by atoms with Gasteiger partial charge in [0.15, 0.2) is 0 Å². The molecule has 1 aliphatic heterocycles. The van der Waals surface area contributed by atoms with E-state index >= 15 is 0 Å². The molecule has 1 heterocycles. The Kier molecular flexibility index (Phi) is 3.42. The second-order valence-electron chi connectivity index (χ2n) is 7.65. The number of fused-ring (bicyclic) bond motifs is 5. The molecular weight excluding hydrogens is 326 g/mol. The topological polar surface area (TPSA) is 46.6 Å². The van der Waals surface area contributed by atoms with Gasteiger partial charge in [0.25, 0.3) is 0 Å². The molecule has 5 atom stereocenters. The van der Waals surface area contributed by atoms with Crippen LogP contribution >= 0.6 is 0 Å². The number of ether oxygens (including phenoxy) is 1. The lowest BCUT2D eigenvalue weighted by molar-refractivity contribution is -0.123. The molecule has 2 aromatic rings. The van der Waals surface area contributed by atoms with E-state index in [0.717, 1.165) is 12.8 Å². The van der Waals surface area contributed by atoms with Crippen LogP contribution < -0.4 is 9.64 Å². The normalized spacial score (nSPS) is 32.2. The van der Waals surface area contributed by atoms with Crippen LogP contribution in [0.3, 0.4) is 0 Å². The largest absolute Gasteiger partial charge is 0.495 e. The van der Waals surface area contributed by atoms with E-state index in [0.29, 0.717) is 23.3 Å². The van der Waals surface area contributed by atoms with Gasteiger partial charge in [0.2, 0.25) is 11.8 Å². The minimum atomic E-state index is -0.184. The first-order chi connectivity index (χ1) is 12.7. The number of carbonyl (C=O) groups is 2. The molecule has 2 aromatic carbocycles. The summed E-state index contributed by atoms with van der Waals surface area (Å²) in [5.41, 5.74) is 1.88. The van der Waals surface area contributed by atoms with Gasteiger partial charge in [0, 0.05) is 0 Å². The summed E-state index contributed by atoms with van der Waals surface area (Å²) in [6.07, 6.45) is 2.00. The van der Waals surface area contributed by atoms with Crippen molar-refractivity contribution >= 4 is 17.5 Å². The second kappa shape index (κ2) is 5.70. The molecule has 2 bridgehead atoms. The van der Waals surface area contributed by atoms with Crippen molar-refractivity contribution in [2.45, 2.75) is 18.8 Å². The van der Waals surface area contributed by atoms with Crippen molar-refractivity contribution in [3.8, 4) is 5.75 Å². The summed E-state index contributed by atoms with van der Waals surface area (Å²) in [5.74, 6) is 1.11. The van der Waals surface area contributed by atoms with Crippen molar-refractivity contribution < 1.29 is 14.3 Å². The molecule has 0 spiro atoms. The van der Waals surface area contributed by atoms with Gasteiger partial charge in [-0.15, -0.1) is 0 Å². The molecule has 0 aromatic heterocycles. The molecule has 1 saturated heterocycles. The lowest BCUT2D eigenvalue weighted by Gasteiger charge is -2.28. The highest BCUT2D eigenvalue weighted by molar-refractivity contribution is 6.23. The van der Waals surface area contributed by atoms with Crippen LogP contribution in [0.25, 0.3) is 0 Å². The Bertz CT molecular complexity index is 878. The Morgan fingerprint density at radius 2 is 1.58 bits per heavy atom. The van der Waals surface area contributed by atoms with Crippen LogP contribution in [0.5, 0.6) is 5.75 Å². The molecule has 26 heavy (non-hydrogen) atoms. The van der Waals surface area contributed by atoms with E-state index in [-0.39, 0.29) is 29.6 Å². The molecule has 0 radical (unpaired) electrons. The molecule has 5 rings (SSSR count). The summed E-state index contributed by atoms with van der Waals surface area (Å²) in [6, 6.07) is 17.7. The molecule has 2 amide bonds. The van der Waals surface area contributed by atoms with Gasteiger partial charge in [-0.2, -0.15) is 0 Å². The van der Waals surface area contributed by atoms with E-state index in [1.165, 1.54) is 10.5 Å². The summed E-state index contributed by atoms with van der Waals surface area (Å²) in [7, 11) is 1.57. The maximum atomic E-state index is 13.3. The fourth-order valence-corrected chi connectivity index (χ4v) is 5.59. The van der Waals surface area contributed by atoms with Crippen LogP contribution in [0.1, 0.15) is 24.3 Å². The second-order valence-corrected chi connectivity index (χ2v) is 7.65. The fraction of sp³-hybridized carbons (Fsp3) is 0.364. The molecule has 3 aliphatic rings. The SMILES string of the molecule is COc1ccccc1N1C(=O)[C@H]2[C@H]3C[C@@H]([C@@H]2C1=O)[C@@H](c1ccccc1)C3. The minimum Gasteiger partial charge on any atom is -0.495 e. The number of para-hydroxylation sites is 2. The smallest absolute Gasteiger partial charge is 0.238 e. The monoisotopic (exact) mass is 347 g/mol. The van der Waals surface area contributed by atoms with E-state index in [1.54, 1.807) is 19.2 Å². The average molecular weight is 347 g/mol. The highest BCUT2D eigenvalue weighted by atomic mass is 16.5. The number of nitrogens with zero attached hydrogens (tertiary/aromatic N) is 1. The van der Waals surface area contributed by atoms with Crippen molar-refractivity contribution in [1.29, 1.82) is 0 Å². The van der Waals surface area contributed by atoms with Crippen LogP contribution in [0.4, 0.5) is 5.69 Å². The van der Waals surface area contributed by atoms with E-state index in [9.17, 15) is 9.59 Å². The standard InChI is InChI=1S/C22H21NO3/c1-26-18-10-6-5-9-17(18)23-21(24)19-14-11-15(13-7-3-2-4-8-13)16(12-14)20(19)22(23)25/h2-10,14-16,19-20H,11-12H2,1H3/t14-,15-,16-,19+,20+/m1/s1. The molecule has 4 nitrogen and oxygen atoms in total. The predicted octanol–water partition coefficient (Wildman–Crippen LogP) is 3.62. The third kappa shape index (κ3) is 2.02. The lowest BCUT2D eigenvalue weighted by Crippen LogP contribution is -2.33. The minimum absolute atomic E-state index is 0.0384. The first-order valence-corrected chi connectivity index (χ1v) is 9.26. The van der Waals surface area contributed by atoms with Crippen LogP contribution in [-0.4, -0.2) is 18.9 Å². The quantitative estimate of drug-likeness (QED) is 0.797. The molecule has 2 aliphatic carbocycles. The van der Waals surface area contributed by atoms with Crippen molar-refractivity contribution in [3.63, 3.8) is 0 Å². The van der Waals surface area contributed by atoms with Crippen LogP contribution in [0.2, 0.25) is 0 Å². The molecule has 2 saturated carbocycles. The van der Waals surface area contributed by atoms with E-state index in [4.69, 9.17) is 4.74 Å². The third-order valence-electron chi connectivity index (χ3n) is 6.57. The Labute approximate surface area is 152 Å². The number of anilines is 1. The maximum absolute atomic E-state index is 13.3. The van der Waals surface area contributed by atoms with Crippen molar-refractivity contribution in [3.05, 3.63) is 60.2 Å². The Balaban J connectivity index is 1.51. The number of hydrogen-bond acceptors (Lipinski definition) is 3. The molecule has 132 valence electrons. The van der Waals surface area contributed by atoms with E-state index in [2.05, 4.69) is 24.3 Å². The summed E-state index contributed by atoms with van der Waals surface area (Å²) in [6.45, 7) is 0. The van der Waals surface area contributed by atoms with Crippen molar-refractivity contribution in [1.82, 2.24) is 0 Å². The number of methoxy groups -OCH3 is 1. The van der Waals surface area contributed by atoms with Crippen LogP contribution in [0.15, 0.2) is 54.6 Å². The van der Waals surface area contributed by atoms with Gasteiger partial charge in [-0.1, -0.05) is 42.5 Å². The molecule has 0 N–H and O–H groups in total. The highest BCUT2D eigenvalue weighted by Crippen LogP contribution is 2.62. The van der Waals surface area contributed by atoms with Crippen molar-refractivity contribution in [2.75, 3.05) is 12.0 Å². The van der Waals surface area contributed by atoms with Crippen LogP contribution in [0, 0.1) is 23.7 Å². The highest BCUT2D eigenvalue weighted by Gasteiger charge is 2.64. The zero-order chi connectivity index (χ0) is 17.8. The zero-order valence-corrected chi connectivity index (χ0v) is 14.7. The molecular formula is C22H21NO3. The van der Waals surface area contributed by atoms with Gasteiger partial charge in [-0.05, 0) is 48.3 Å². The summed E-state index contributed by atoms with van der Waals surface area (Å²) < 4.78 is 5.39. The third-order valence-corrected chi connectivity index (χ3v) is 6.57. The Hall–Kier alpha value is -2.62. The fourth-order valence-electron chi connectivity index (χ4n) is 5.59. The van der Waals surface area contributed by atoms with Gasteiger partial charge < -0.3 is 4.74 Å². The summed E-state index contributed by atoms with van der Waals surface area (Å²) >= 11 is 0. The number of rotatable bonds is 3. The van der Waals surface area contributed by atoms with Gasteiger partial charge >= 0.3 is 0 Å². The van der Waals surface area contributed by atoms with E-state index < -0.39 is 0 Å². The van der Waals surface area contributed by atoms with Crippen molar-refractivity contribution in [2.24, 2.45) is 23.7 Å². The number of hydrogen-bond donors (Lipinski definition) is 0. The first-order valence-electron chi connectivity index (χ1n) is 9.26. The zero-order valence-electron chi connectivity index (χ0n) is 14.7. The lowest BCUT2D eigenvalue weighted by atomic mass is 9.73. The van der Waals surface area contributed by atoms with Crippen LogP contribution in [-0.2, 0) is 9.59 Å². The molecule has 3 fully saturated rings. The molecule has 0 unspecified atom stereocenters. The number of imide groups is 1. The van der Waals surface area contributed by atoms with E-state index in [1.807, 2.05) is 18.2 Å².